The van der Waals surface area contributed by atoms with Crippen LogP contribution in [0.5, 0.6) is 0 Å². The van der Waals surface area contributed by atoms with Crippen LogP contribution in [-0.2, 0) is 0 Å². The summed E-state index contributed by atoms with van der Waals surface area (Å²) in [6, 6.07) is -0.426. The molecule has 0 radical (unpaired) electrons. The van der Waals surface area contributed by atoms with Crippen molar-refractivity contribution in [2.75, 3.05) is 26.2 Å². The quantitative estimate of drug-likeness (QED) is 0.364. The first-order valence-electron chi connectivity index (χ1n) is 8.69. The van der Waals surface area contributed by atoms with Crippen molar-refractivity contribution in [3.05, 3.63) is 0 Å². The summed E-state index contributed by atoms with van der Waals surface area (Å²) in [5, 5.41) is 10.8. The van der Waals surface area contributed by atoms with Gasteiger partial charge in [0.25, 0.3) is 0 Å². The van der Waals surface area contributed by atoms with Gasteiger partial charge in [0.05, 0.1) is 13.1 Å². The Labute approximate surface area is 145 Å². The van der Waals surface area contributed by atoms with E-state index in [9.17, 15) is 9.59 Å². The van der Waals surface area contributed by atoms with Crippen molar-refractivity contribution in [1.29, 1.82) is 0 Å². The molecule has 0 aromatic carbocycles. The molecule has 0 spiro atoms. The van der Waals surface area contributed by atoms with Crippen LogP contribution in [0.4, 0.5) is 9.59 Å². The molecule has 0 bridgehead atoms. The largest absolute Gasteiger partial charge is 0.338 e. The van der Waals surface area contributed by atoms with E-state index in [1.807, 2.05) is 0 Å². The van der Waals surface area contributed by atoms with Crippen molar-refractivity contribution in [3.8, 4) is 23.7 Å². The molecule has 0 atom stereocenters. The van der Waals surface area contributed by atoms with Gasteiger partial charge in [0.15, 0.2) is 0 Å². The predicted octanol–water partition coefficient (Wildman–Crippen LogP) is 1.97. The number of urea groups is 2. The van der Waals surface area contributed by atoms with Crippen molar-refractivity contribution in [1.82, 2.24) is 21.3 Å². The molecule has 4 amide bonds. The van der Waals surface area contributed by atoms with Crippen molar-refractivity contribution in [3.63, 3.8) is 0 Å². The van der Waals surface area contributed by atoms with Gasteiger partial charge in [-0.2, -0.15) is 0 Å². The minimum absolute atomic E-state index is 0.213. The van der Waals surface area contributed by atoms with E-state index in [4.69, 9.17) is 0 Å². The van der Waals surface area contributed by atoms with E-state index in [1.165, 1.54) is 0 Å². The monoisotopic (exact) mass is 334 g/mol. The fourth-order valence-corrected chi connectivity index (χ4v) is 1.70. The second-order valence-corrected chi connectivity index (χ2v) is 5.24. The molecule has 4 N–H and O–H groups in total. The van der Waals surface area contributed by atoms with E-state index >= 15 is 0 Å². The van der Waals surface area contributed by atoms with Crippen LogP contribution < -0.4 is 21.3 Å². The molecule has 0 fully saturated rings. The lowest BCUT2D eigenvalue weighted by Gasteiger charge is -2.04. The summed E-state index contributed by atoms with van der Waals surface area (Å²) in [6.45, 7) is 6.09. The standard InChI is InChI=1S/C18H30N4O2/c1-3-5-9-13-19-17(23)21-15-11-7-8-12-16-22-18(24)20-14-10-6-4-2/h3-6,9-10,13-16H2,1-2H3,(H2,19,21,23)(H2,20,22,24). The number of rotatable bonds is 10. The van der Waals surface area contributed by atoms with Gasteiger partial charge >= 0.3 is 12.1 Å². The maximum atomic E-state index is 11.4. The number of amides is 4. The van der Waals surface area contributed by atoms with Crippen molar-refractivity contribution >= 4 is 12.1 Å². The maximum Gasteiger partial charge on any atom is 0.315 e. The minimum Gasteiger partial charge on any atom is -0.338 e. The summed E-state index contributed by atoms with van der Waals surface area (Å²) in [5.74, 6) is 10.7. The Morgan fingerprint density at radius 3 is 1.46 bits per heavy atom. The van der Waals surface area contributed by atoms with E-state index in [0.717, 1.165) is 38.5 Å². The summed E-state index contributed by atoms with van der Waals surface area (Å²) in [5.41, 5.74) is 0. The van der Waals surface area contributed by atoms with Crippen LogP contribution in [-0.4, -0.2) is 38.2 Å². The molecular weight excluding hydrogens is 304 g/mol. The van der Waals surface area contributed by atoms with Crippen molar-refractivity contribution < 1.29 is 9.59 Å². The fraction of sp³-hybridized carbons (Fsp3) is 0.667. The van der Waals surface area contributed by atoms with Gasteiger partial charge in [-0.25, -0.2) is 9.59 Å². The maximum absolute atomic E-state index is 11.4. The van der Waals surface area contributed by atoms with Crippen LogP contribution in [0.25, 0.3) is 0 Å². The zero-order valence-electron chi connectivity index (χ0n) is 14.9. The van der Waals surface area contributed by atoms with Gasteiger partial charge in [-0.3, -0.25) is 0 Å². The average molecular weight is 334 g/mol. The molecule has 0 unspecified atom stereocenters. The zero-order chi connectivity index (χ0) is 17.9. The Morgan fingerprint density at radius 1 is 0.667 bits per heavy atom. The summed E-state index contributed by atoms with van der Waals surface area (Å²) >= 11 is 0. The van der Waals surface area contributed by atoms with Gasteiger partial charge in [-0.15, -0.1) is 0 Å². The highest BCUT2D eigenvalue weighted by molar-refractivity contribution is 5.74. The van der Waals surface area contributed by atoms with Crippen LogP contribution >= 0.6 is 0 Å². The number of carbonyl (C=O) groups is 2. The predicted molar refractivity (Wildman–Crippen MR) is 97.4 cm³/mol. The molecule has 0 saturated carbocycles. The van der Waals surface area contributed by atoms with Crippen LogP contribution in [0.3, 0.4) is 0 Å². The fourth-order valence-electron chi connectivity index (χ4n) is 1.70. The van der Waals surface area contributed by atoms with Crippen LogP contribution in [0.2, 0.25) is 0 Å². The third-order valence-corrected chi connectivity index (χ3v) is 3.05. The molecule has 0 aromatic heterocycles. The normalized spacial score (nSPS) is 8.92. The van der Waals surface area contributed by atoms with Gasteiger partial charge in [0, 0.05) is 13.1 Å². The van der Waals surface area contributed by atoms with Crippen LogP contribution in [0.1, 0.15) is 52.4 Å². The lowest BCUT2D eigenvalue weighted by molar-refractivity contribution is 0.241. The zero-order valence-corrected chi connectivity index (χ0v) is 14.9. The molecule has 0 aliphatic carbocycles. The van der Waals surface area contributed by atoms with E-state index in [0.29, 0.717) is 13.1 Å². The summed E-state index contributed by atoms with van der Waals surface area (Å²) in [7, 11) is 0. The number of hydrogen-bond acceptors (Lipinski definition) is 2. The highest BCUT2D eigenvalue weighted by Crippen LogP contribution is 1.91. The molecule has 0 aliphatic rings. The molecule has 0 heterocycles. The number of hydrogen-bond donors (Lipinski definition) is 4. The smallest absolute Gasteiger partial charge is 0.315 e. The van der Waals surface area contributed by atoms with E-state index in [1.54, 1.807) is 0 Å². The molecule has 134 valence electrons. The summed E-state index contributed by atoms with van der Waals surface area (Å²) in [4.78, 5) is 22.7. The summed E-state index contributed by atoms with van der Waals surface area (Å²) < 4.78 is 0. The van der Waals surface area contributed by atoms with Gasteiger partial charge in [-0.05, 0) is 24.7 Å². The van der Waals surface area contributed by atoms with Gasteiger partial charge < -0.3 is 21.3 Å². The average Bonchev–Trinajstić information content (AvgIpc) is 2.58. The SMILES string of the molecule is CCCCCNC(=O)NCC#CC#CCNC(=O)NCCCCC. The van der Waals surface area contributed by atoms with E-state index in [2.05, 4.69) is 58.8 Å². The number of nitrogens with one attached hydrogen (secondary N) is 4. The van der Waals surface area contributed by atoms with E-state index in [-0.39, 0.29) is 25.2 Å². The van der Waals surface area contributed by atoms with Crippen LogP contribution in [0.15, 0.2) is 0 Å². The first-order valence-corrected chi connectivity index (χ1v) is 8.69. The summed E-state index contributed by atoms with van der Waals surface area (Å²) in [6.07, 6.45) is 6.45. The molecule has 0 aliphatic heterocycles. The Balaban J connectivity index is 3.60. The van der Waals surface area contributed by atoms with Crippen molar-refractivity contribution in [2.24, 2.45) is 0 Å². The van der Waals surface area contributed by atoms with Gasteiger partial charge in [-0.1, -0.05) is 51.4 Å². The molecule has 24 heavy (non-hydrogen) atoms. The van der Waals surface area contributed by atoms with Gasteiger partial charge in [0.1, 0.15) is 0 Å². The molecule has 0 aromatic rings. The lowest BCUT2D eigenvalue weighted by Crippen LogP contribution is -2.36. The lowest BCUT2D eigenvalue weighted by atomic mass is 10.2. The molecular formula is C18H30N4O2. The second-order valence-electron chi connectivity index (χ2n) is 5.24. The molecule has 6 nitrogen and oxygen atoms in total. The van der Waals surface area contributed by atoms with E-state index < -0.39 is 0 Å². The Bertz CT molecular complexity index is 425. The van der Waals surface area contributed by atoms with Crippen molar-refractivity contribution in [2.45, 2.75) is 52.4 Å². The first kappa shape index (κ1) is 21.7. The topological polar surface area (TPSA) is 82.3 Å². The minimum atomic E-state index is -0.213. The molecule has 0 rings (SSSR count). The molecule has 6 heteroatoms. The van der Waals surface area contributed by atoms with Gasteiger partial charge in [0.2, 0.25) is 0 Å². The Morgan fingerprint density at radius 2 is 1.08 bits per heavy atom. The highest BCUT2D eigenvalue weighted by atomic mass is 16.2. The number of unbranched alkanes of at least 4 members (excludes halogenated alkanes) is 4. The van der Waals surface area contributed by atoms with Crippen LogP contribution in [0, 0.1) is 23.7 Å². The number of carbonyl (C=O) groups excluding carboxylic acids is 2. The third-order valence-electron chi connectivity index (χ3n) is 3.05. The highest BCUT2D eigenvalue weighted by Gasteiger charge is 1.96. The molecule has 0 saturated heterocycles. The Kier molecular flexibility index (Phi) is 15.4. The second kappa shape index (κ2) is 17.0. The Hall–Kier alpha value is -2.34. The third kappa shape index (κ3) is 16.0. The first-order chi connectivity index (χ1) is 11.7.